The minimum Gasteiger partial charge on any atom is -0.0536 e. The minimum atomic E-state index is -0.949. The van der Waals surface area contributed by atoms with Crippen LogP contribution < -0.4 is 15.0 Å². The number of anilines is 1. The number of rotatable bonds is 6. The van der Waals surface area contributed by atoms with Gasteiger partial charge >= 0.3 is 123 Å². The van der Waals surface area contributed by atoms with Gasteiger partial charge in [0.15, 0.2) is 0 Å². The Morgan fingerprint density at radius 2 is 1.94 bits per heavy atom. The van der Waals surface area contributed by atoms with Crippen LogP contribution in [0.25, 0.3) is 22.0 Å². The molecule has 1 N–H and O–H groups in total. The van der Waals surface area contributed by atoms with Gasteiger partial charge in [0.2, 0.25) is 0 Å². The van der Waals surface area contributed by atoms with Gasteiger partial charge in [-0.25, -0.2) is 0 Å². The molecule has 0 spiro atoms. The second-order valence-corrected chi connectivity index (χ2v) is 8.04. The maximum absolute atomic E-state index is 12.8. The van der Waals surface area contributed by atoms with Gasteiger partial charge in [0.25, 0.3) is 0 Å². The van der Waals surface area contributed by atoms with Crippen molar-refractivity contribution in [3.63, 3.8) is 0 Å². The molecule has 4 rings (SSSR count). The molecule has 31 heavy (non-hydrogen) atoms. The number of aromatic nitrogens is 2. The minimum absolute atomic E-state index is 0.306. The molecule has 1 aliphatic heterocycles. The van der Waals surface area contributed by atoms with Gasteiger partial charge in [0, 0.05) is 0 Å². The van der Waals surface area contributed by atoms with Gasteiger partial charge in [0.1, 0.15) is 5.75 Å². The van der Waals surface area contributed by atoms with E-state index in [0.717, 1.165) is 53.7 Å². The number of carbonyl (C=O) groups is 1. The fraction of sp³-hybridized carbons (Fsp3) is 0.304. The van der Waals surface area contributed by atoms with Crippen molar-refractivity contribution in [3.8, 4) is 17.0 Å². The van der Waals surface area contributed by atoms with Crippen LogP contribution in [0.15, 0.2) is 48.7 Å². The van der Waals surface area contributed by atoms with Crippen LogP contribution in [0, 0.1) is 5.92 Å². The first-order valence-electron chi connectivity index (χ1n) is 10.1. The molecule has 0 bridgehead atoms. The van der Waals surface area contributed by atoms with Crippen LogP contribution in [-0.4, -0.2) is 47.3 Å². The number of halogens is 1. The number of nitrogens with one attached hydrogen (secondary N) is 1. The van der Waals surface area contributed by atoms with Gasteiger partial charge in [-0.2, -0.15) is 0 Å². The standard InChI is InChI=1S/C23H23FN4O2.Fe/c1-30-20-5-4-17-12-19(3-2-18(17)13-20)21-6-9-25-23(27-21)28-10-7-16(8-11-28)15-26-22(29)14-24;/h2-6,9,12-13,16H,7-8,10-11,15H2,1H3,(H,26,29);. The van der Waals surface area contributed by atoms with E-state index in [0.29, 0.717) is 18.4 Å². The van der Waals surface area contributed by atoms with E-state index in [4.69, 9.17) is 9.72 Å². The average Bonchev–Trinajstić information content (AvgIpc) is 2.82. The Morgan fingerprint density at radius 3 is 2.68 bits per heavy atom. The first-order chi connectivity index (χ1) is 15.0. The summed E-state index contributed by atoms with van der Waals surface area (Å²) in [5.41, 5.74) is 1.91. The van der Waals surface area contributed by atoms with E-state index >= 15 is 0 Å². The van der Waals surface area contributed by atoms with Gasteiger partial charge < -0.3 is 4.74 Å². The van der Waals surface area contributed by atoms with Gasteiger partial charge in [0.05, 0.1) is 7.11 Å². The fourth-order valence-electron chi connectivity index (χ4n) is 3.81. The van der Waals surface area contributed by atoms with E-state index in [1.54, 1.807) is 13.3 Å². The normalized spacial score (nSPS) is 14.5. The monoisotopic (exact) mass is 462 g/mol. The molecule has 1 aliphatic rings. The molecule has 2 heterocycles. The number of ether oxygens (including phenoxy) is 1. The van der Waals surface area contributed by atoms with E-state index in [9.17, 15) is 9.18 Å². The van der Waals surface area contributed by atoms with Crippen molar-refractivity contribution < 1.29 is 29.5 Å². The molecular weight excluding hydrogens is 439 g/mol. The zero-order valence-corrected chi connectivity index (χ0v) is 18.2. The molecule has 6 nitrogen and oxygen atoms in total. The quantitative estimate of drug-likeness (QED) is 0.570. The molecule has 0 atom stereocenters. The zero-order valence-electron chi connectivity index (χ0n) is 17.1. The Bertz CT molecular complexity index is 1120. The molecule has 1 amide bonds. The Balaban J connectivity index is 1.44. The first-order valence-corrected chi connectivity index (χ1v) is 10.7. The topological polar surface area (TPSA) is 67.3 Å². The molecule has 1 saturated heterocycles. The summed E-state index contributed by atoms with van der Waals surface area (Å²) in [6, 6.07) is 14.2. The summed E-state index contributed by atoms with van der Waals surface area (Å²) in [6.45, 7) is 2.04. The summed E-state index contributed by atoms with van der Waals surface area (Å²) < 4.78 is 17.1. The number of piperidine rings is 1. The smallest absolute Gasteiger partial charge is 0.0121 e. The molecule has 0 radical (unpaired) electrons. The Morgan fingerprint density at radius 1 is 1.19 bits per heavy atom. The van der Waals surface area contributed by atoms with Crippen LogP contribution in [0.4, 0.5) is 10.3 Å². The van der Waals surface area contributed by atoms with E-state index < -0.39 is 10.6 Å². The Labute approximate surface area is 188 Å². The van der Waals surface area contributed by atoms with E-state index in [1.165, 1.54) is 0 Å². The van der Waals surface area contributed by atoms with Crippen molar-refractivity contribution in [1.29, 1.82) is 0 Å². The summed E-state index contributed by atoms with van der Waals surface area (Å²) in [5.74, 6) is 1.11. The van der Waals surface area contributed by atoms with Crippen molar-refractivity contribution in [2.24, 2.45) is 5.92 Å². The van der Waals surface area contributed by atoms with Crippen LogP contribution in [0.3, 0.4) is 0 Å². The van der Waals surface area contributed by atoms with Crippen molar-refractivity contribution in [2.45, 2.75) is 12.8 Å². The van der Waals surface area contributed by atoms with Gasteiger partial charge in [-0.3, -0.25) is 0 Å². The van der Waals surface area contributed by atoms with Crippen LogP contribution in [-0.2, 0) is 20.4 Å². The van der Waals surface area contributed by atoms with Gasteiger partial charge in [-0.1, -0.05) is 18.2 Å². The molecule has 0 aliphatic carbocycles. The largest absolute Gasteiger partial charge is 0.0536 e. The van der Waals surface area contributed by atoms with Crippen LogP contribution in [0.1, 0.15) is 12.8 Å². The summed E-state index contributed by atoms with van der Waals surface area (Å²) in [5, 5.41) is 4.82. The van der Waals surface area contributed by atoms with Crippen molar-refractivity contribution in [1.82, 2.24) is 15.3 Å². The predicted molar refractivity (Wildman–Crippen MR) is 116 cm³/mol. The molecule has 162 valence electrons. The summed E-state index contributed by atoms with van der Waals surface area (Å²) >= 11 is 3.02. The van der Waals surface area contributed by atoms with Crippen molar-refractivity contribution in [2.75, 3.05) is 31.6 Å². The predicted octanol–water partition coefficient (Wildman–Crippen LogP) is 3.28. The third-order valence-corrected chi connectivity index (χ3v) is 5.85. The number of carbonyl (C=O) groups excluding carboxylic acids is 1. The van der Waals surface area contributed by atoms with Crippen LogP contribution in [0.2, 0.25) is 0 Å². The molecule has 1 fully saturated rings. The number of benzene rings is 2. The second kappa shape index (κ2) is 9.54. The van der Waals surface area contributed by atoms with E-state index in [-0.39, 0.29) is 0 Å². The summed E-state index contributed by atoms with van der Waals surface area (Å²) in [7, 11) is 1.66. The number of amides is 1. The molecule has 1 aromatic heterocycles. The molecular formula is C23H23FFeN4O2. The van der Waals surface area contributed by atoms with Crippen molar-refractivity contribution >= 4 is 27.3 Å². The number of hydrogen-bond acceptors (Lipinski definition) is 5. The third kappa shape index (κ3) is 5.09. The average molecular weight is 462 g/mol. The second-order valence-electron chi connectivity index (χ2n) is 7.56. The number of hydrogen-bond donors (Lipinski definition) is 1. The Hall–Kier alpha value is -2.83. The number of fused-ring (bicyclic) bond motifs is 1. The summed E-state index contributed by atoms with van der Waals surface area (Å²) in [6.07, 6.45) is 3.55. The number of nitrogens with zero attached hydrogens (tertiary/aromatic N) is 3. The summed E-state index contributed by atoms with van der Waals surface area (Å²) in [4.78, 5) is 22.7. The maximum Gasteiger partial charge on any atom is -0.0121 e. The molecule has 3 aromatic rings. The molecule has 0 saturated carbocycles. The van der Waals surface area contributed by atoms with Crippen LogP contribution in [0.5, 0.6) is 5.75 Å². The third-order valence-electron chi connectivity index (χ3n) is 5.60. The zero-order chi connectivity index (χ0) is 21.8. The SMILES string of the molecule is COc1ccc2cc(-c3ccnc(N4CCC(CNC(=O)[C](F)=[Fe])CC4)n3)ccc2c1. The molecule has 0 unspecified atom stereocenters. The van der Waals surface area contributed by atoms with Gasteiger partial charge in [-0.15, -0.1) is 0 Å². The fourth-order valence-corrected chi connectivity index (χ4v) is 3.91. The van der Waals surface area contributed by atoms with Gasteiger partial charge in [-0.05, 0) is 29.0 Å². The first kappa shape index (κ1) is 21.4. The van der Waals surface area contributed by atoms with Crippen LogP contribution >= 0.6 is 0 Å². The Kier molecular flexibility index (Phi) is 6.58. The number of methoxy groups -OCH3 is 1. The maximum atomic E-state index is 12.8. The van der Waals surface area contributed by atoms with E-state index in [2.05, 4.69) is 49.0 Å². The van der Waals surface area contributed by atoms with Crippen molar-refractivity contribution in [3.05, 3.63) is 48.7 Å². The van der Waals surface area contributed by atoms with E-state index in [1.807, 2.05) is 24.3 Å². The molecule has 8 heteroatoms. The molecule has 2 aromatic carbocycles.